The zero-order valence-corrected chi connectivity index (χ0v) is 15.8. The number of anilines is 1. The molecule has 0 bridgehead atoms. The van der Waals surface area contributed by atoms with Crippen LogP contribution in [0.25, 0.3) is 0 Å². The lowest BCUT2D eigenvalue weighted by molar-refractivity contribution is 0.209. The molecule has 1 atom stereocenters. The summed E-state index contributed by atoms with van der Waals surface area (Å²) in [5, 5.41) is 22.7. The van der Waals surface area contributed by atoms with Crippen molar-refractivity contribution in [2.45, 2.75) is 19.0 Å². The Balaban J connectivity index is 1.95. The van der Waals surface area contributed by atoms with E-state index >= 15 is 0 Å². The van der Waals surface area contributed by atoms with E-state index in [2.05, 4.69) is 27.3 Å². The fraction of sp³-hybridized carbons (Fsp3) is 0.350. The maximum Gasteiger partial charge on any atom is 0.149 e. The van der Waals surface area contributed by atoms with Crippen LogP contribution >= 0.6 is 11.6 Å². The number of rotatable bonds is 6. The average Bonchev–Trinajstić information content (AvgIpc) is 2.70. The number of ether oxygens (including phenoxy) is 1. The molecule has 0 saturated heterocycles. The molecule has 1 aromatic heterocycles. The van der Waals surface area contributed by atoms with Gasteiger partial charge in [0.25, 0.3) is 0 Å². The minimum absolute atomic E-state index is 0.213. The molecule has 1 aliphatic heterocycles. The van der Waals surface area contributed by atoms with Crippen LogP contribution in [0, 0.1) is 22.7 Å². The Hall–Kier alpha value is -2.64. The highest BCUT2D eigenvalue weighted by atomic mass is 35.5. The second kappa shape index (κ2) is 8.83. The molecule has 0 fully saturated rings. The monoisotopic (exact) mass is 381 g/mol. The van der Waals surface area contributed by atoms with Crippen LogP contribution in [0.4, 0.5) is 5.82 Å². The molecule has 1 aliphatic rings. The van der Waals surface area contributed by atoms with Crippen molar-refractivity contribution < 1.29 is 4.74 Å². The van der Waals surface area contributed by atoms with Crippen molar-refractivity contribution in [3.05, 3.63) is 57.7 Å². The topological polar surface area (TPSA) is 85.0 Å². The van der Waals surface area contributed by atoms with Gasteiger partial charge in [-0.15, -0.1) is 0 Å². The molecular formula is C20H20ClN5O. The third-order valence-corrected chi connectivity index (χ3v) is 4.97. The van der Waals surface area contributed by atoms with E-state index in [0.717, 1.165) is 16.7 Å². The summed E-state index contributed by atoms with van der Waals surface area (Å²) in [6, 6.07) is 14.0. The first kappa shape index (κ1) is 19.1. The van der Waals surface area contributed by atoms with Crippen molar-refractivity contribution in [3.8, 4) is 12.1 Å². The van der Waals surface area contributed by atoms with Gasteiger partial charge in [-0.1, -0.05) is 41.9 Å². The zero-order valence-electron chi connectivity index (χ0n) is 15.1. The first-order chi connectivity index (χ1) is 13.2. The van der Waals surface area contributed by atoms with Gasteiger partial charge in [0.15, 0.2) is 0 Å². The smallest absolute Gasteiger partial charge is 0.149 e. The molecule has 0 amide bonds. The number of methoxy groups -OCH3 is 1. The van der Waals surface area contributed by atoms with Crippen molar-refractivity contribution in [2.75, 3.05) is 32.1 Å². The van der Waals surface area contributed by atoms with Gasteiger partial charge in [0.1, 0.15) is 23.1 Å². The molecule has 0 spiro atoms. The van der Waals surface area contributed by atoms with Crippen LogP contribution in [0.3, 0.4) is 0 Å². The number of aromatic nitrogens is 1. The van der Waals surface area contributed by atoms with Gasteiger partial charge in [0.2, 0.25) is 0 Å². The second-order valence-electron chi connectivity index (χ2n) is 6.28. The minimum Gasteiger partial charge on any atom is -0.383 e. The van der Waals surface area contributed by atoms with Crippen LogP contribution in [-0.2, 0) is 17.7 Å². The maximum absolute atomic E-state index is 9.75. The van der Waals surface area contributed by atoms with Crippen LogP contribution in [0.15, 0.2) is 30.3 Å². The summed E-state index contributed by atoms with van der Waals surface area (Å²) in [6.07, 6.45) is 0.643. The van der Waals surface area contributed by atoms with Crippen LogP contribution in [0.1, 0.15) is 28.3 Å². The number of hydrogen-bond donors (Lipinski definition) is 1. The molecule has 3 rings (SSSR count). The lowest BCUT2D eigenvalue weighted by Gasteiger charge is -2.33. The van der Waals surface area contributed by atoms with Gasteiger partial charge >= 0.3 is 0 Å². The number of nitrogens with zero attached hydrogens (tertiary/aromatic N) is 4. The summed E-state index contributed by atoms with van der Waals surface area (Å²) < 4.78 is 5.09. The molecular weight excluding hydrogens is 362 g/mol. The van der Waals surface area contributed by atoms with Crippen molar-refractivity contribution in [1.29, 1.82) is 10.5 Å². The van der Waals surface area contributed by atoms with Crippen molar-refractivity contribution in [3.63, 3.8) is 0 Å². The average molecular weight is 382 g/mol. The van der Waals surface area contributed by atoms with E-state index in [1.54, 1.807) is 7.11 Å². The highest BCUT2D eigenvalue weighted by molar-refractivity contribution is 6.30. The van der Waals surface area contributed by atoms with E-state index in [1.807, 2.05) is 30.3 Å². The molecule has 2 heterocycles. The SMILES string of the molecule is COCCNc1nc(Cl)c(C#N)c2c1CN(C(C#N)c1ccccc1)CC2. The predicted octanol–water partition coefficient (Wildman–Crippen LogP) is 3.29. The van der Waals surface area contributed by atoms with Gasteiger partial charge in [-0.3, -0.25) is 4.90 Å². The molecule has 27 heavy (non-hydrogen) atoms. The maximum atomic E-state index is 9.75. The first-order valence-corrected chi connectivity index (χ1v) is 9.10. The number of fused-ring (bicyclic) bond motifs is 1. The van der Waals surface area contributed by atoms with Crippen LogP contribution in [-0.4, -0.2) is 36.7 Å². The molecule has 7 heteroatoms. The van der Waals surface area contributed by atoms with Gasteiger partial charge in [0, 0.05) is 32.3 Å². The van der Waals surface area contributed by atoms with Crippen LogP contribution < -0.4 is 5.32 Å². The van der Waals surface area contributed by atoms with Gasteiger partial charge in [-0.25, -0.2) is 4.98 Å². The number of benzene rings is 1. The van der Waals surface area contributed by atoms with E-state index in [-0.39, 0.29) is 11.2 Å². The molecule has 138 valence electrons. The van der Waals surface area contributed by atoms with Crippen LogP contribution in [0.5, 0.6) is 0 Å². The molecule has 1 aromatic carbocycles. The zero-order chi connectivity index (χ0) is 19.2. The number of hydrogen-bond acceptors (Lipinski definition) is 6. The van der Waals surface area contributed by atoms with E-state index in [4.69, 9.17) is 16.3 Å². The van der Waals surface area contributed by atoms with Gasteiger partial charge in [0.05, 0.1) is 18.2 Å². The summed E-state index contributed by atoms with van der Waals surface area (Å²) in [5.74, 6) is 0.653. The highest BCUT2D eigenvalue weighted by Gasteiger charge is 2.29. The van der Waals surface area contributed by atoms with Crippen molar-refractivity contribution in [1.82, 2.24) is 9.88 Å². The molecule has 2 aromatic rings. The third-order valence-electron chi connectivity index (χ3n) is 4.69. The first-order valence-electron chi connectivity index (χ1n) is 8.72. The molecule has 0 saturated carbocycles. The molecule has 0 aliphatic carbocycles. The second-order valence-corrected chi connectivity index (χ2v) is 6.64. The van der Waals surface area contributed by atoms with Gasteiger partial charge in [-0.2, -0.15) is 10.5 Å². The summed E-state index contributed by atoms with van der Waals surface area (Å²) in [6.45, 7) is 2.31. The Labute approximate surface area is 163 Å². The number of nitrogens with one attached hydrogen (secondary N) is 1. The normalized spacial score (nSPS) is 14.7. The highest BCUT2D eigenvalue weighted by Crippen LogP contribution is 2.34. The molecule has 6 nitrogen and oxygen atoms in total. The van der Waals surface area contributed by atoms with E-state index in [0.29, 0.717) is 44.0 Å². The Bertz CT molecular complexity index is 888. The predicted molar refractivity (Wildman–Crippen MR) is 103 cm³/mol. The Morgan fingerprint density at radius 1 is 1.30 bits per heavy atom. The standard InChI is InChI=1S/C20H20ClN5O/c1-27-10-8-24-20-17-13-26(18(12-23)14-5-3-2-4-6-14)9-7-15(17)16(11-22)19(21)25-20/h2-6,18H,7-10,13H2,1H3,(H,24,25). The minimum atomic E-state index is -0.354. The van der Waals surface area contributed by atoms with Gasteiger partial charge < -0.3 is 10.1 Å². The lowest BCUT2D eigenvalue weighted by atomic mass is 9.94. The molecule has 1 N–H and O–H groups in total. The Morgan fingerprint density at radius 2 is 2.07 bits per heavy atom. The summed E-state index contributed by atoms with van der Waals surface area (Å²) >= 11 is 6.23. The molecule has 0 radical (unpaired) electrons. The quantitative estimate of drug-likeness (QED) is 0.610. The number of pyridine rings is 1. The molecule has 1 unspecified atom stereocenters. The number of nitriles is 2. The van der Waals surface area contributed by atoms with E-state index < -0.39 is 0 Å². The summed E-state index contributed by atoms with van der Waals surface area (Å²) in [4.78, 5) is 6.50. The van der Waals surface area contributed by atoms with Crippen molar-refractivity contribution >= 4 is 17.4 Å². The number of halogens is 1. The Morgan fingerprint density at radius 3 is 2.74 bits per heavy atom. The van der Waals surface area contributed by atoms with E-state index in [9.17, 15) is 10.5 Å². The largest absolute Gasteiger partial charge is 0.383 e. The fourth-order valence-electron chi connectivity index (χ4n) is 3.38. The fourth-order valence-corrected chi connectivity index (χ4v) is 3.62. The van der Waals surface area contributed by atoms with Crippen molar-refractivity contribution in [2.24, 2.45) is 0 Å². The lowest BCUT2D eigenvalue weighted by Crippen LogP contribution is -2.35. The third kappa shape index (κ3) is 4.04. The summed E-state index contributed by atoms with van der Waals surface area (Å²) in [5.41, 5.74) is 3.23. The Kier molecular flexibility index (Phi) is 6.26. The summed E-state index contributed by atoms with van der Waals surface area (Å²) in [7, 11) is 1.63. The van der Waals surface area contributed by atoms with E-state index in [1.165, 1.54) is 0 Å². The van der Waals surface area contributed by atoms with Gasteiger partial charge in [-0.05, 0) is 17.5 Å². The van der Waals surface area contributed by atoms with Crippen LogP contribution in [0.2, 0.25) is 5.15 Å².